The lowest BCUT2D eigenvalue weighted by Gasteiger charge is -2.03. The van der Waals surface area contributed by atoms with Gasteiger partial charge in [-0.2, -0.15) is 0 Å². The number of aryl methyl sites for hydroxylation is 1. The third kappa shape index (κ3) is 4.32. The van der Waals surface area contributed by atoms with E-state index in [0.717, 1.165) is 24.0 Å². The molecule has 0 amide bonds. The largest absolute Gasteiger partial charge is 0.423 e. The van der Waals surface area contributed by atoms with Gasteiger partial charge in [0.15, 0.2) is 0 Å². The van der Waals surface area contributed by atoms with E-state index in [9.17, 15) is 4.79 Å². The van der Waals surface area contributed by atoms with Crippen LogP contribution < -0.4 is 0 Å². The molecule has 0 saturated heterocycles. The van der Waals surface area contributed by atoms with Gasteiger partial charge in [-0.15, -0.1) is 10.2 Å². The number of nitrogens with zero attached hydrogens (tertiary/aromatic N) is 3. The Hall–Kier alpha value is -2.82. The van der Waals surface area contributed by atoms with Crippen molar-refractivity contribution in [2.45, 2.75) is 25.7 Å². The van der Waals surface area contributed by atoms with Crippen LogP contribution in [0, 0.1) is 0 Å². The van der Waals surface area contributed by atoms with Crippen molar-refractivity contribution in [3.05, 3.63) is 66.3 Å². The molecule has 2 heterocycles. The number of aromatic nitrogens is 3. The molecule has 5 heteroatoms. The van der Waals surface area contributed by atoms with E-state index in [1.807, 2.05) is 36.4 Å². The fourth-order valence-electron chi connectivity index (χ4n) is 2.42. The molecule has 3 rings (SSSR count). The second kappa shape index (κ2) is 7.45. The van der Waals surface area contributed by atoms with Gasteiger partial charge >= 0.3 is 0 Å². The first kappa shape index (κ1) is 15.1. The minimum Gasteiger partial charge on any atom is -0.423 e. The molecule has 23 heavy (non-hydrogen) atoms. The molecule has 0 unspecified atom stereocenters. The average Bonchev–Trinajstić information content (AvgIpc) is 3.11. The van der Waals surface area contributed by atoms with Gasteiger partial charge in [0, 0.05) is 30.8 Å². The maximum Gasteiger partial charge on any atom is 0.247 e. The summed E-state index contributed by atoms with van der Waals surface area (Å²) in [6.45, 7) is 0. The lowest BCUT2D eigenvalue weighted by molar-refractivity contribution is -0.118. The molecule has 3 aromatic rings. The Morgan fingerprint density at radius 3 is 2.65 bits per heavy atom. The molecule has 116 valence electrons. The van der Waals surface area contributed by atoms with Crippen molar-refractivity contribution in [3.63, 3.8) is 0 Å². The number of benzene rings is 1. The van der Waals surface area contributed by atoms with Crippen LogP contribution in [0.2, 0.25) is 0 Å². The molecule has 0 aliphatic carbocycles. The number of carbonyl (C=O) groups excluding carboxylic acids is 1. The third-order valence-electron chi connectivity index (χ3n) is 3.61. The van der Waals surface area contributed by atoms with E-state index in [-0.39, 0.29) is 5.78 Å². The molecular formula is C18H17N3O2. The molecule has 0 N–H and O–H groups in total. The Morgan fingerprint density at radius 2 is 1.96 bits per heavy atom. The summed E-state index contributed by atoms with van der Waals surface area (Å²) >= 11 is 0. The van der Waals surface area contributed by atoms with Crippen LogP contribution >= 0.6 is 0 Å². The predicted molar refractivity (Wildman–Crippen MR) is 85.6 cm³/mol. The van der Waals surface area contributed by atoms with Gasteiger partial charge in [-0.1, -0.05) is 18.2 Å². The Bertz CT molecular complexity index is 738. The Balaban J connectivity index is 1.46. The number of ketones is 1. The summed E-state index contributed by atoms with van der Waals surface area (Å²) in [5, 5.41) is 7.54. The van der Waals surface area contributed by atoms with E-state index >= 15 is 0 Å². The molecule has 0 aliphatic heterocycles. The summed E-state index contributed by atoms with van der Waals surface area (Å²) in [7, 11) is 0. The normalized spacial score (nSPS) is 10.6. The van der Waals surface area contributed by atoms with Gasteiger partial charge in [0.05, 0.1) is 0 Å². The lowest BCUT2D eigenvalue weighted by Crippen LogP contribution is -2.03. The van der Waals surface area contributed by atoms with Crippen molar-refractivity contribution in [3.8, 4) is 11.5 Å². The SMILES string of the molecule is O=C(CCCc1ccc(-c2nnco2)cc1)Cc1cccnc1. The number of hydrogen-bond donors (Lipinski definition) is 0. The number of carbonyl (C=O) groups is 1. The van der Waals surface area contributed by atoms with Crippen LogP contribution in [0.15, 0.2) is 59.6 Å². The third-order valence-corrected chi connectivity index (χ3v) is 3.61. The number of hydrogen-bond acceptors (Lipinski definition) is 5. The molecule has 0 saturated carbocycles. The first-order chi connectivity index (χ1) is 11.3. The van der Waals surface area contributed by atoms with E-state index < -0.39 is 0 Å². The zero-order chi connectivity index (χ0) is 15.9. The van der Waals surface area contributed by atoms with Crippen molar-refractivity contribution in [1.82, 2.24) is 15.2 Å². The van der Waals surface area contributed by atoms with Crippen LogP contribution in [0.25, 0.3) is 11.5 Å². The van der Waals surface area contributed by atoms with Crippen LogP contribution in [-0.2, 0) is 17.6 Å². The Kier molecular flexibility index (Phi) is 4.88. The summed E-state index contributed by atoms with van der Waals surface area (Å²) in [4.78, 5) is 16.0. The van der Waals surface area contributed by atoms with Crippen molar-refractivity contribution in [1.29, 1.82) is 0 Å². The van der Waals surface area contributed by atoms with E-state index in [1.165, 1.54) is 12.0 Å². The van der Waals surface area contributed by atoms with Gasteiger partial charge < -0.3 is 4.42 Å². The van der Waals surface area contributed by atoms with Gasteiger partial charge in [0.1, 0.15) is 5.78 Å². The minimum absolute atomic E-state index is 0.250. The topological polar surface area (TPSA) is 68.9 Å². The summed E-state index contributed by atoms with van der Waals surface area (Å²) in [6.07, 6.45) is 7.54. The lowest BCUT2D eigenvalue weighted by atomic mass is 10.0. The van der Waals surface area contributed by atoms with Crippen LogP contribution in [-0.4, -0.2) is 21.0 Å². The van der Waals surface area contributed by atoms with Crippen molar-refractivity contribution < 1.29 is 9.21 Å². The monoisotopic (exact) mass is 307 g/mol. The quantitative estimate of drug-likeness (QED) is 0.670. The van der Waals surface area contributed by atoms with Crippen molar-refractivity contribution >= 4 is 5.78 Å². The molecule has 0 radical (unpaired) electrons. The maximum atomic E-state index is 12.0. The van der Waals surface area contributed by atoms with Crippen LogP contribution in [0.1, 0.15) is 24.0 Å². The van der Waals surface area contributed by atoms with Crippen molar-refractivity contribution in [2.24, 2.45) is 0 Å². The maximum absolute atomic E-state index is 12.0. The number of rotatable bonds is 7. The molecule has 0 spiro atoms. The second-order valence-electron chi connectivity index (χ2n) is 5.37. The highest BCUT2D eigenvalue weighted by molar-refractivity contribution is 5.80. The molecule has 0 aliphatic rings. The first-order valence-electron chi connectivity index (χ1n) is 7.57. The van der Waals surface area contributed by atoms with Crippen LogP contribution in [0.3, 0.4) is 0 Å². The average molecular weight is 307 g/mol. The van der Waals surface area contributed by atoms with E-state index in [1.54, 1.807) is 12.4 Å². The summed E-state index contributed by atoms with van der Waals surface area (Å²) < 4.78 is 5.16. The van der Waals surface area contributed by atoms with Crippen LogP contribution in [0.5, 0.6) is 0 Å². The molecule has 1 aromatic carbocycles. The Morgan fingerprint density at radius 1 is 1.09 bits per heavy atom. The Labute approximate surface area is 134 Å². The summed E-state index contributed by atoms with van der Waals surface area (Å²) in [5.41, 5.74) is 3.07. The smallest absolute Gasteiger partial charge is 0.247 e. The molecule has 0 bridgehead atoms. The molecule has 2 aromatic heterocycles. The van der Waals surface area contributed by atoms with Gasteiger partial charge in [-0.05, 0) is 42.2 Å². The highest BCUT2D eigenvalue weighted by Gasteiger charge is 2.06. The first-order valence-corrected chi connectivity index (χ1v) is 7.57. The standard InChI is InChI=1S/C18H17N3O2/c22-17(11-15-4-2-10-19-12-15)5-1-3-14-6-8-16(9-7-14)18-21-20-13-23-18/h2,4,6-10,12-13H,1,3,5,11H2. The number of pyridine rings is 1. The summed E-state index contributed by atoms with van der Waals surface area (Å²) in [5.74, 6) is 0.767. The van der Waals surface area contributed by atoms with Gasteiger partial charge in [0.25, 0.3) is 0 Å². The zero-order valence-corrected chi connectivity index (χ0v) is 12.7. The van der Waals surface area contributed by atoms with Gasteiger partial charge in [-0.25, -0.2) is 0 Å². The highest BCUT2D eigenvalue weighted by Crippen LogP contribution is 2.17. The molecule has 0 fully saturated rings. The molecule has 0 atom stereocenters. The number of Topliss-reactive ketones (excluding diaryl/α,β-unsaturated/α-hetero) is 1. The predicted octanol–water partition coefficient (Wildman–Crippen LogP) is 3.27. The molecular weight excluding hydrogens is 290 g/mol. The molecule has 5 nitrogen and oxygen atoms in total. The van der Waals surface area contributed by atoms with Gasteiger partial charge in [-0.3, -0.25) is 9.78 Å². The fraction of sp³-hybridized carbons (Fsp3) is 0.222. The fourth-order valence-corrected chi connectivity index (χ4v) is 2.42. The minimum atomic E-state index is 0.250. The van der Waals surface area contributed by atoms with E-state index in [2.05, 4.69) is 15.2 Å². The van der Waals surface area contributed by atoms with Crippen molar-refractivity contribution in [2.75, 3.05) is 0 Å². The van der Waals surface area contributed by atoms with Gasteiger partial charge in [0.2, 0.25) is 12.3 Å². The second-order valence-corrected chi connectivity index (χ2v) is 5.37. The summed E-state index contributed by atoms with van der Waals surface area (Å²) in [6, 6.07) is 11.8. The zero-order valence-electron chi connectivity index (χ0n) is 12.7. The van der Waals surface area contributed by atoms with E-state index in [4.69, 9.17) is 4.42 Å². The van der Waals surface area contributed by atoms with Crippen LogP contribution in [0.4, 0.5) is 0 Å². The van der Waals surface area contributed by atoms with E-state index in [0.29, 0.717) is 18.7 Å². The highest BCUT2D eigenvalue weighted by atomic mass is 16.4.